The van der Waals surface area contributed by atoms with Crippen LogP contribution in [0.2, 0.25) is 0 Å². The topological polar surface area (TPSA) is 77.1 Å². The Morgan fingerprint density at radius 1 is 1.16 bits per heavy atom. The van der Waals surface area contributed by atoms with E-state index in [4.69, 9.17) is 0 Å². The van der Waals surface area contributed by atoms with Gasteiger partial charge in [-0.3, -0.25) is 9.48 Å². The molecule has 124 valence electrons. The summed E-state index contributed by atoms with van der Waals surface area (Å²) < 4.78 is 3.31. The van der Waals surface area contributed by atoms with Gasteiger partial charge >= 0.3 is 0 Å². The molecule has 0 saturated carbocycles. The van der Waals surface area contributed by atoms with Crippen molar-refractivity contribution in [2.75, 3.05) is 5.32 Å². The second-order valence-electron chi connectivity index (χ2n) is 5.74. The minimum absolute atomic E-state index is 0.268. The monoisotopic (exact) mass is 332 g/mol. The van der Waals surface area contributed by atoms with Gasteiger partial charge in [0, 0.05) is 24.9 Å². The number of hydrogen-bond donors (Lipinski definition) is 1. The van der Waals surface area contributed by atoms with Crippen molar-refractivity contribution >= 4 is 17.4 Å². The maximum atomic E-state index is 12.7. The third-order valence-corrected chi connectivity index (χ3v) is 3.96. The second-order valence-corrected chi connectivity index (χ2v) is 5.74. The largest absolute Gasteiger partial charge is 0.307 e. The van der Waals surface area contributed by atoms with Crippen LogP contribution in [0.5, 0.6) is 0 Å². The van der Waals surface area contributed by atoms with E-state index < -0.39 is 0 Å². The molecule has 0 radical (unpaired) electrons. The Labute approximate surface area is 143 Å². The zero-order chi connectivity index (χ0) is 17.4. The summed E-state index contributed by atoms with van der Waals surface area (Å²) in [6.07, 6.45) is 3.22. The third-order valence-electron chi connectivity index (χ3n) is 3.96. The highest BCUT2D eigenvalue weighted by Gasteiger charge is 2.17. The first-order chi connectivity index (χ1) is 12.1. The van der Waals surface area contributed by atoms with Crippen LogP contribution in [0.25, 0.3) is 16.9 Å². The molecule has 3 aromatic heterocycles. The predicted molar refractivity (Wildman–Crippen MR) is 94.3 cm³/mol. The smallest absolute Gasteiger partial charge is 0.262 e. The molecule has 0 aliphatic rings. The lowest BCUT2D eigenvalue weighted by Gasteiger charge is -2.06. The molecule has 0 fully saturated rings. The molecule has 4 aromatic rings. The van der Waals surface area contributed by atoms with Crippen molar-refractivity contribution in [1.29, 1.82) is 0 Å². The molecule has 25 heavy (non-hydrogen) atoms. The SMILES string of the molecule is Cc1cc(NC(=O)c2cnn3c(-c4ccccc4)ccnc23)n(C)n1. The fraction of sp³-hybridized carbons (Fsp3) is 0.111. The van der Waals surface area contributed by atoms with Gasteiger partial charge in [-0.15, -0.1) is 0 Å². The van der Waals surface area contributed by atoms with Crippen molar-refractivity contribution in [3.63, 3.8) is 0 Å². The van der Waals surface area contributed by atoms with E-state index in [2.05, 4.69) is 20.5 Å². The molecule has 0 bridgehead atoms. The van der Waals surface area contributed by atoms with Crippen LogP contribution < -0.4 is 5.32 Å². The van der Waals surface area contributed by atoms with Gasteiger partial charge in [-0.1, -0.05) is 30.3 Å². The zero-order valence-electron chi connectivity index (χ0n) is 13.8. The minimum Gasteiger partial charge on any atom is -0.307 e. The van der Waals surface area contributed by atoms with Crippen LogP contribution in [0.1, 0.15) is 16.1 Å². The van der Waals surface area contributed by atoms with Gasteiger partial charge < -0.3 is 5.32 Å². The summed E-state index contributed by atoms with van der Waals surface area (Å²) in [5, 5.41) is 11.4. The number of anilines is 1. The Hall–Kier alpha value is -3.48. The van der Waals surface area contributed by atoms with Gasteiger partial charge in [-0.25, -0.2) is 9.50 Å². The number of carbonyl (C=O) groups is 1. The maximum absolute atomic E-state index is 12.7. The molecule has 1 amide bonds. The normalized spacial score (nSPS) is 11.0. The molecule has 4 rings (SSSR count). The van der Waals surface area contributed by atoms with Gasteiger partial charge in [0.15, 0.2) is 5.65 Å². The average molecular weight is 332 g/mol. The van der Waals surface area contributed by atoms with E-state index in [9.17, 15) is 4.79 Å². The molecule has 0 aliphatic carbocycles. The summed E-state index contributed by atoms with van der Waals surface area (Å²) in [4.78, 5) is 17.0. The first-order valence-electron chi connectivity index (χ1n) is 7.83. The van der Waals surface area contributed by atoms with E-state index >= 15 is 0 Å². The van der Waals surface area contributed by atoms with Gasteiger partial charge in [-0.2, -0.15) is 10.2 Å². The standard InChI is InChI=1S/C18H16N6O/c1-12-10-16(23(2)22-12)21-18(25)14-11-20-24-15(8-9-19-17(14)24)13-6-4-3-5-7-13/h3-11H,1-2H3,(H,21,25). The fourth-order valence-electron chi connectivity index (χ4n) is 2.79. The molecule has 1 N–H and O–H groups in total. The minimum atomic E-state index is -0.268. The van der Waals surface area contributed by atoms with E-state index in [1.54, 1.807) is 22.4 Å². The van der Waals surface area contributed by atoms with Crippen molar-refractivity contribution in [3.05, 3.63) is 66.1 Å². The summed E-state index contributed by atoms with van der Waals surface area (Å²) >= 11 is 0. The number of nitrogens with one attached hydrogen (secondary N) is 1. The molecular formula is C18H16N6O. The lowest BCUT2D eigenvalue weighted by atomic mass is 10.1. The highest BCUT2D eigenvalue weighted by Crippen LogP contribution is 2.21. The van der Waals surface area contributed by atoms with Crippen LogP contribution in [0, 0.1) is 6.92 Å². The molecule has 1 aromatic carbocycles. The Balaban J connectivity index is 1.74. The first-order valence-corrected chi connectivity index (χ1v) is 7.83. The Bertz CT molecular complexity index is 1060. The molecule has 0 unspecified atom stereocenters. The maximum Gasteiger partial charge on any atom is 0.262 e. The number of aromatic nitrogens is 5. The highest BCUT2D eigenvalue weighted by atomic mass is 16.1. The van der Waals surface area contributed by atoms with Gasteiger partial charge in [0.1, 0.15) is 11.4 Å². The van der Waals surface area contributed by atoms with Gasteiger partial charge in [0.05, 0.1) is 17.6 Å². The molecule has 3 heterocycles. The molecule has 0 saturated heterocycles. The fourth-order valence-corrected chi connectivity index (χ4v) is 2.79. The van der Waals surface area contributed by atoms with E-state index in [1.165, 1.54) is 6.20 Å². The molecule has 0 aliphatic heterocycles. The Morgan fingerprint density at radius 3 is 2.68 bits per heavy atom. The highest BCUT2D eigenvalue weighted by molar-refractivity contribution is 6.07. The lowest BCUT2D eigenvalue weighted by Crippen LogP contribution is -2.14. The van der Waals surface area contributed by atoms with Crippen molar-refractivity contribution in [2.24, 2.45) is 7.05 Å². The van der Waals surface area contributed by atoms with Crippen molar-refractivity contribution in [1.82, 2.24) is 24.4 Å². The zero-order valence-corrected chi connectivity index (χ0v) is 13.8. The van der Waals surface area contributed by atoms with E-state index in [-0.39, 0.29) is 5.91 Å². The number of carbonyl (C=O) groups excluding carboxylic acids is 1. The van der Waals surface area contributed by atoms with E-state index in [0.29, 0.717) is 17.0 Å². The Morgan fingerprint density at radius 2 is 1.96 bits per heavy atom. The number of nitrogens with zero attached hydrogens (tertiary/aromatic N) is 5. The molecular weight excluding hydrogens is 316 g/mol. The third kappa shape index (κ3) is 2.65. The summed E-state index contributed by atoms with van der Waals surface area (Å²) in [6.45, 7) is 1.87. The summed E-state index contributed by atoms with van der Waals surface area (Å²) in [5.41, 5.74) is 3.64. The number of amides is 1. The quantitative estimate of drug-likeness (QED) is 0.626. The molecule has 7 nitrogen and oxygen atoms in total. The number of benzene rings is 1. The van der Waals surface area contributed by atoms with Crippen LogP contribution >= 0.6 is 0 Å². The number of hydrogen-bond acceptors (Lipinski definition) is 4. The van der Waals surface area contributed by atoms with Gasteiger partial charge in [0.2, 0.25) is 0 Å². The lowest BCUT2D eigenvalue weighted by molar-refractivity contribution is 0.102. The number of fused-ring (bicyclic) bond motifs is 1. The van der Waals surface area contributed by atoms with E-state index in [1.807, 2.05) is 49.4 Å². The second kappa shape index (κ2) is 5.86. The molecule has 0 spiro atoms. The first kappa shape index (κ1) is 15.1. The molecule has 7 heteroatoms. The average Bonchev–Trinajstić information content (AvgIpc) is 3.18. The number of aryl methyl sites for hydroxylation is 2. The van der Waals surface area contributed by atoms with Crippen LogP contribution in [0.15, 0.2) is 54.9 Å². The predicted octanol–water partition coefficient (Wildman–Crippen LogP) is 2.69. The van der Waals surface area contributed by atoms with Crippen LogP contribution in [0.3, 0.4) is 0 Å². The van der Waals surface area contributed by atoms with Crippen LogP contribution in [-0.4, -0.2) is 30.3 Å². The number of rotatable bonds is 3. The van der Waals surface area contributed by atoms with Crippen molar-refractivity contribution < 1.29 is 4.79 Å². The van der Waals surface area contributed by atoms with Gasteiger partial charge in [0.25, 0.3) is 5.91 Å². The van der Waals surface area contributed by atoms with Crippen LogP contribution in [-0.2, 0) is 7.05 Å². The summed E-state index contributed by atoms with van der Waals surface area (Å²) in [6, 6.07) is 13.6. The van der Waals surface area contributed by atoms with Crippen molar-refractivity contribution in [3.8, 4) is 11.3 Å². The van der Waals surface area contributed by atoms with Crippen molar-refractivity contribution in [2.45, 2.75) is 6.92 Å². The van der Waals surface area contributed by atoms with Crippen LogP contribution in [0.4, 0.5) is 5.82 Å². The molecule has 0 atom stereocenters. The van der Waals surface area contributed by atoms with E-state index in [0.717, 1.165) is 17.0 Å². The summed E-state index contributed by atoms with van der Waals surface area (Å²) in [5.74, 6) is 0.358. The Kier molecular flexibility index (Phi) is 3.53. The van der Waals surface area contributed by atoms with Gasteiger partial charge in [-0.05, 0) is 13.0 Å². The summed E-state index contributed by atoms with van der Waals surface area (Å²) in [7, 11) is 1.78.